The highest BCUT2D eigenvalue weighted by Gasteiger charge is 2.10. The number of nitrogen functional groups attached to an aromatic ring is 1. The van der Waals surface area contributed by atoms with Crippen molar-refractivity contribution in [3.63, 3.8) is 0 Å². The van der Waals surface area contributed by atoms with Crippen molar-refractivity contribution in [3.8, 4) is 0 Å². The second kappa shape index (κ2) is 2.51. The zero-order valence-corrected chi connectivity index (χ0v) is 6.30. The summed E-state index contributed by atoms with van der Waals surface area (Å²) in [6.07, 6.45) is 4.67. The highest BCUT2D eigenvalue weighted by atomic mass is 14.9. The maximum Gasteiger partial charge on any atom is 0.0549 e. The van der Waals surface area contributed by atoms with Gasteiger partial charge in [-0.3, -0.25) is 4.98 Å². The van der Waals surface area contributed by atoms with Crippen LogP contribution < -0.4 is 11.1 Å². The number of rotatable bonds is 0. The van der Waals surface area contributed by atoms with Crippen LogP contribution in [-0.2, 0) is 13.0 Å². The Bertz CT molecular complexity index is 270. The van der Waals surface area contributed by atoms with E-state index in [1.165, 1.54) is 11.1 Å². The summed E-state index contributed by atoms with van der Waals surface area (Å²) in [4.78, 5) is 4.04. The standard InChI is InChI=1S/C8H11N3/c9-8-5-11-3-6-1-2-10-4-7(6)8/h3,5,10H,1-2,4,9H2. The Morgan fingerprint density at radius 2 is 2.36 bits per heavy atom. The second-order valence-electron chi connectivity index (χ2n) is 2.79. The molecule has 0 spiro atoms. The largest absolute Gasteiger partial charge is 0.397 e. The summed E-state index contributed by atoms with van der Waals surface area (Å²) in [5, 5.41) is 3.27. The van der Waals surface area contributed by atoms with Gasteiger partial charge in [0.1, 0.15) is 0 Å². The van der Waals surface area contributed by atoms with E-state index in [1.807, 2.05) is 6.20 Å². The van der Waals surface area contributed by atoms with Gasteiger partial charge in [0.05, 0.1) is 11.9 Å². The quantitative estimate of drug-likeness (QED) is 0.558. The normalized spacial score (nSPS) is 16.0. The Morgan fingerprint density at radius 3 is 3.18 bits per heavy atom. The summed E-state index contributed by atoms with van der Waals surface area (Å²) < 4.78 is 0. The summed E-state index contributed by atoms with van der Waals surface area (Å²) in [6.45, 7) is 1.93. The van der Waals surface area contributed by atoms with Crippen LogP contribution in [0.4, 0.5) is 5.69 Å². The molecule has 3 heteroatoms. The first-order valence-electron chi connectivity index (χ1n) is 3.80. The molecule has 3 N–H and O–H groups in total. The van der Waals surface area contributed by atoms with Crippen LogP contribution in [0.1, 0.15) is 11.1 Å². The number of hydrogen-bond donors (Lipinski definition) is 2. The summed E-state index contributed by atoms with van der Waals surface area (Å²) in [5.41, 5.74) is 9.08. The Hall–Kier alpha value is -1.09. The molecule has 1 aliphatic rings. The van der Waals surface area contributed by atoms with Gasteiger partial charge in [-0.2, -0.15) is 0 Å². The molecule has 0 unspecified atom stereocenters. The summed E-state index contributed by atoms with van der Waals surface area (Å²) in [7, 11) is 0. The van der Waals surface area contributed by atoms with Gasteiger partial charge < -0.3 is 11.1 Å². The fraction of sp³-hybridized carbons (Fsp3) is 0.375. The molecule has 0 aliphatic carbocycles. The maximum atomic E-state index is 5.74. The first-order chi connectivity index (χ1) is 5.38. The predicted octanol–water partition coefficient (Wildman–Crippen LogP) is 0.309. The maximum absolute atomic E-state index is 5.74. The number of nitrogens with one attached hydrogen (secondary N) is 1. The molecule has 0 fully saturated rings. The summed E-state index contributed by atoms with van der Waals surface area (Å²) >= 11 is 0. The van der Waals surface area contributed by atoms with Crippen LogP contribution >= 0.6 is 0 Å². The molecule has 1 aliphatic heterocycles. The van der Waals surface area contributed by atoms with Gasteiger partial charge >= 0.3 is 0 Å². The monoisotopic (exact) mass is 149 g/mol. The van der Waals surface area contributed by atoms with E-state index >= 15 is 0 Å². The lowest BCUT2D eigenvalue weighted by Gasteiger charge is -2.17. The lowest BCUT2D eigenvalue weighted by Crippen LogP contribution is -2.24. The number of nitrogens with zero attached hydrogens (tertiary/aromatic N) is 1. The molecule has 1 aromatic rings. The molecular formula is C8H11N3. The van der Waals surface area contributed by atoms with Gasteiger partial charge in [-0.25, -0.2) is 0 Å². The number of pyridine rings is 1. The van der Waals surface area contributed by atoms with Gasteiger partial charge in [0.2, 0.25) is 0 Å². The number of hydrogen-bond acceptors (Lipinski definition) is 3. The minimum atomic E-state index is 0.815. The van der Waals surface area contributed by atoms with E-state index in [9.17, 15) is 0 Å². The molecule has 11 heavy (non-hydrogen) atoms. The van der Waals surface area contributed by atoms with Crippen LogP contribution in [0, 0.1) is 0 Å². The Kier molecular flexibility index (Phi) is 1.51. The van der Waals surface area contributed by atoms with Crippen molar-refractivity contribution in [1.82, 2.24) is 10.3 Å². The molecule has 0 atom stereocenters. The smallest absolute Gasteiger partial charge is 0.0549 e. The van der Waals surface area contributed by atoms with Crippen LogP contribution in [0.2, 0.25) is 0 Å². The average molecular weight is 149 g/mol. The van der Waals surface area contributed by atoms with Gasteiger partial charge in [0, 0.05) is 12.7 Å². The van der Waals surface area contributed by atoms with E-state index in [0.717, 1.165) is 25.2 Å². The van der Waals surface area contributed by atoms with Crippen LogP contribution in [0.15, 0.2) is 12.4 Å². The minimum Gasteiger partial charge on any atom is -0.397 e. The van der Waals surface area contributed by atoms with E-state index in [4.69, 9.17) is 5.73 Å². The topological polar surface area (TPSA) is 50.9 Å². The van der Waals surface area contributed by atoms with E-state index in [1.54, 1.807) is 6.20 Å². The zero-order valence-electron chi connectivity index (χ0n) is 6.30. The van der Waals surface area contributed by atoms with Crippen LogP contribution in [-0.4, -0.2) is 11.5 Å². The molecule has 0 saturated heterocycles. The van der Waals surface area contributed by atoms with E-state index in [2.05, 4.69) is 10.3 Å². The number of nitrogens with two attached hydrogens (primary N) is 1. The molecule has 3 nitrogen and oxygen atoms in total. The third kappa shape index (κ3) is 1.07. The van der Waals surface area contributed by atoms with Crippen molar-refractivity contribution < 1.29 is 0 Å². The van der Waals surface area contributed by atoms with Gasteiger partial charge in [-0.15, -0.1) is 0 Å². The van der Waals surface area contributed by atoms with Crippen LogP contribution in [0.5, 0.6) is 0 Å². The highest BCUT2D eigenvalue weighted by Crippen LogP contribution is 2.17. The lowest BCUT2D eigenvalue weighted by atomic mass is 10.0. The van der Waals surface area contributed by atoms with Gasteiger partial charge in [0.25, 0.3) is 0 Å². The van der Waals surface area contributed by atoms with Crippen molar-refractivity contribution in [2.45, 2.75) is 13.0 Å². The van der Waals surface area contributed by atoms with Gasteiger partial charge in [-0.05, 0) is 24.1 Å². The molecule has 2 rings (SSSR count). The third-order valence-corrected chi connectivity index (χ3v) is 2.05. The second-order valence-corrected chi connectivity index (χ2v) is 2.79. The highest BCUT2D eigenvalue weighted by molar-refractivity contribution is 5.49. The molecule has 0 aromatic carbocycles. The van der Waals surface area contributed by atoms with E-state index in [-0.39, 0.29) is 0 Å². The van der Waals surface area contributed by atoms with E-state index < -0.39 is 0 Å². The van der Waals surface area contributed by atoms with Crippen molar-refractivity contribution in [2.24, 2.45) is 0 Å². The number of aromatic nitrogens is 1. The van der Waals surface area contributed by atoms with Crippen molar-refractivity contribution in [3.05, 3.63) is 23.5 Å². The Balaban J connectivity index is 2.49. The number of fused-ring (bicyclic) bond motifs is 1. The molecule has 58 valence electrons. The summed E-state index contributed by atoms with van der Waals surface area (Å²) in [5.74, 6) is 0. The fourth-order valence-electron chi connectivity index (χ4n) is 1.42. The first kappa shape index (κ1) is 6.61. The third-order valence-electron chi connectivity index (χ3n) is 2.05. The fourth-order valence-corrected chi connectivity index (χ4v) is 1.42. The molecule has 0 bridgehead atoms. The molecular weight excluding hydrogens is 138 g/mol. The molecule has 0 amide bonds. The predicted molar refractivity (Wildman–Crippen MR) is 44.1 cm³/mol. The molecule has 2 heterocycles. The van der Waals surface area contributed by atoms with Crippen molar-refractivity contribution in [2.75, 3.05) is 12.3 Å². The Labute approximate surface area is 65.6 Å². The number of anilines is 1. The summed E-state index contributed by atoms with van der Waals surface area (Å²) in [6, 6.07) is 0. The molecule has 0 radical (unpaired) electrons. The lowest BCUT2D eigenvalue weighted by molar-refractivity contribution is 0.643. The van der Waals surface area contributed by atoms with Gasteiger partial charge in [-0.1, -0.05) is 0 Å². The minimum absolute atomic E-state index is 0.815. The zero-order chi connectivity index (χ0) is 7.68. The SMILES string of the molecule is Nc1cncc2c1CNCC2. The molecule has 1 aromatic heterocycles. The van der Waals surface area contributed by atoms with E-state index in [0.29, 0.717) is 0 Å². The first-order valence-corrected chi connectivity index (χ1v) is 3.80. The van der Waals surface area contributed by atoms with Crippen LogP contribution in [0.3, 0.4) is 0 Å². The average Bonchev–Trinajstić information content (AvgIpc) is 2.06. The van der Waals surface area contributed by atoms with Gasteiger partial charge in [0.15, 0.2) is 0 Å². The van der Waals surface area contributed by atoms with Crippen LogP contribution in [0.25, 0.3) is 0 Å². The Morgan fingerprint density at radius 1 is 1.45 bits per heavy atom. The van der Waals surface area contributed by atoms with Crippen molar-refractivity contribution >= 4 is 5.69 Å². The van der Waals surface area contributed by atoms with Crippen molar-refractivity contribution in [1.29, 1.82) is 0 Å². The molecule has 0 saturated carbocycles.